The van der Waals surface area contributed by atoms with Gasteiger partial charge in [-0.3, -0.25) is 0 Å². The monoisotopic (exact) mass is 340 g/mol. The van der Waals surface area contributed by atoms with Gasteiger partial charge >= 0.3 is 0 Å². The van der Waals surface area contributed by atoms with Crippen LogP contribution in [0.25, 0.3) is 44.3 Å². The van der Waals surface area contributed by atoms with E-state index in [1.165, 1.54) is 12.1 Å². The fourth-order valence-corrected chi connectivity index (χ4v) is 3.54. The summed E-state index contributed by atoms with van der Waals surface area (Å²) in [6, 6.07) is 22.9. The van der Waals surface area contributed by atoms with E-state index in [-0.39, 0.29) is 11.5 Å². The number of rotatable bonds is 2. The van der Waals surface area contributed by atoms with Crippen LogP contribution in [0.5, 0.6) is 11.5 Å². The van der Waals surface area contributed by atoms with E-state index < -0.39 is 0 Å². The van der Waals surface area contributed by atoms with Crippen molar-refractivity contribution in [3.8, 4) is 34.0 Å². The van der Waals surface area contributed by atoms with Crippen LogP contribution in [0.1, 0.15) is 0 Å². The fraction of sp³-hybridized carbons (Fsp3) is 0. The van der Waals surface area contributed by atoms with E-state index in [2.05, 4.69) is 9.97 Å². The maximum absolute atomic E-state index is 10.6. The summed E-state index contributed by atoms with van der Waals surface area (Å²) in [5.74, 6) is 0.228. The Labute approximate surface area is 149 Å². The number of phenols is 2. The number of aromatic amines is 2. The molecule has 3 aromatic carbocycles. The van der Waals surface area contributed by atoms with Gasteiger partial charge in [0, 0.05) is 21.8 Å². The van der Waals surface area contributed by atoms with Crippen molar-refractivity contribution in [3.63, 3.8) is 0 Å². The Kier molecular flexibility index (Phi) is 3.06. The number of aromatic hydroxyl groups is 2. The summed E-state index contributed by atoms with van der Waals surface area (Å²) in [5, 5.41) is 23.3. The molecular weight excluding hydrogens is 324 g/mol. The number of fused-ring (bicyclic) bond motifs is 2. The molecule has 0 saturated heterocycles. The maximum Gasteiger partial charge on any atom is 0.125 e. The Morgan fingerprint density at radius 2 is 0.962 bits per heavy atom. The minimum absolute atomic E-state index is 0.114. The molecule has 5 aromatic rings. The third-order valence-electron chi connectivity index (χ3n) is 4.76. The Bertz CT molecular complexity index is 1100. The predicted molar refractivity (Wildman–Crippen MR) is 104 cm³/mol. The van der Waals surface area contributed by atoms with Crippen LogP contribution in [0.3, 0.4) is 0 Å². The highest BCUT2D eigenvalue weighted by atomic mass is 16.3. The average Bonchev–Trinajstić information content (AvgIpc) is 3.26. The van der Waals surface area contributed by atoms with E-state index in [1.54, 1.807) is 0 Å². The fourth-order valence-electron chi connectivity index (χ4n) is 3.54. The number of benzene rings is 3. The molecule has 0 aliphatic heterocycles. The third kappa shape index (κ3) is 2.16. The second-order valence-corrected chi connectivity index (χ2v) is 6.39. The molecule has 0 spiro atoms. The van der Waals surface area contributed by atoms with Crippen molar-refractivity contribution < 1.29 is 10.2 Å². The van der Waals surface area contributed by atoms with Gasteiger partial charge in [-0.2, -0.15) is 0 Å². The van der Waals surface area contributed by atoms with E-state index in [1.807, 2.05) is 60.7 Å². The van der Waals surface area contributed by atoms with Gasteiger partial charge in [-0.25, -0.2) is 0 Å². The SMILES string of the molecule is Oc1ccc(O)c(-c2cc3ccccc3[nH]2)c1-c1cc2ccccc2[nH]1. The normalized spacial score (nSPS) is 11.4. The number of para-hydroxylation sites is 2. The van der Waals surface area contributed by atoms with Gasteiger partial charge in [0.05, 0.1) is 22.5 Å². The first-order chi connectivity index (χ1) is 12.7. The van der Waals surface area contributed by atoms with Crippen molar-refractivity contribution in [1.29, 1.82) is 0 Å². The number of phenolic OH excluding ortho intramolecular Hbond substituents is 2. The lowest BCUT2D eigenvalue weighted by Crippen LogP contribution is -1.88. The van der Waals surface area contributed by atoms with Crippen LogP contribution >= 0.6 is 0 Å². The molecule has 0 fully saturated rings. The van der Waals surface area contributed by atoms with Gasteiger partial charge in [0.15, 0.2) is 0 Å². The number of H-pyrrole nitrogens is 2. The van der Waals surface area contributed by atoms with Crippen molar-refractivity contribution in [2.45, 2.75) is 0 Å². The molecule has 4 nitrogen and oxygen atoms in total. The Morgan fingerprint density at radius 3 is 1.38 bits per heavy atom. The standard InChI is InChI=1S/C22H16N2O2/c25-19-9-10-20(26)22(18-12-14-6-2-4-8-16(14)24-18)21(19)17-11-13-5-1-3-7-15(13)23-17/h1-12,23-26H. The smallest absolute Gasteiger partial charge is 0.125 e. The molecule has 0 aliphatic carbocycles. The molecular formula is C22H16N2O2. The van der Waals surface area contributed by atoms with Gasteiger partial charge in [0.1, 0.15) is 11.5 Å². The van der Waals surface area contributed by atoms with E-state index in [0.717, 1.165) is 33.2 Å². The molecule has 0 bridgehead atoms. The minimum Gasteiger partial charge on any atom is -0.507 e. The van der Waals surface area contributed by atoms with Gasteiger partial charge < -0.3 is 20.2 Å². The van der Waals surface area contributed by atoms with Crippen molar-refractivity contribution in [3.05, 3.63) is 72.8 Å². The molecule has 26 heavy (non-hydrogen) atoms. The molecule has 0 radical (unpaired) electrons. The molecule has 2 aromatic heterocycles. The van der Waals surface area contributed by atoms with Crippen LogP contribution in [0.4, 0.5) is 0 Å². The summed E-state index contributed by atoms with van der Waals surface area (Å²) < 4.78 is 0. The molecule has 0 aliphatic rings. The summed E-state index contributed by atoms with van der Waals surface area (Å²) in [6.45, 7) is 0. The largest absolute Gasteiger partial charge is 0.507 e. The molecule has 5 rings (SSSR count). The first kappa shape index (κ1) is 14.7. The summed E-state index contributed by atoms with van der Waals surface area (Å²) in [4.78, 5) is 6.68. The van der Waals surface area contributed by atoms with E-state index in [0.29, 0.717) is 11.1 Å². The highest BCUT2D eigenvalue weighted by Crippen LogP contribution is 2.44. The molecule has 4 heteroatoms. The Hall–Kier alpha value is -3.66. The first-order valence-corrected chi connectivity index (χ1v) is 8.42. The lowest BCUT2D eigenvalue weighted by atomic mass is 9.99. The molecule has 0 amide bonds. The topological polar surface area (TPSA) is 72.0 Å². The zero-order valence-electron chi connectivity index (χ0n) is 13.8. The van der Waals surface area contributed by atoms with Gasteiger partial charge in [-0.15, -0.1) is 0 Å². The van der Waals surface area contributed by atoms with Crippen LogP contribution in [-0.2, 0) is 0 Å². The van der Waals surface area contributed by atoms with Gasteiger partial charge in [0.2, 0.25) is 0 Å². The van der Waals surface area contributed by atoms with E-state index >= 15 is 0 Å². The van der Waals surface area contributed by atoms with Crippen molar-refractivity contribution in [1.82, 2.24) is 9.97 Å². The zero-order chi connectivity index (χ0) is 17.7. The van der Waals surface area contributed by atoms with E-state index in [9.17, 15) is 10.2 Å². The lowest BCUT2D eigenvalue weighted by Gasteiger charge is -2.11. The average molecular weight is 340 g/mol. The predicted octanol–water partition coefficient (Wildman–Crippen LogP) is 5.39. The molecule has 126 valence electrons. The molecule has 0 atom stereocenters. The number of hydrogen-bond acceptors (Lipinski definition) is 2. The third-order valence-corrected chi connectivity index (χ3v) is 4.76. The van der Waals surface area contributed by atoms with Gasteiger partial charge in [0.25, 0.3) is 0 Å². The second kappa shape index (κ2) is 5.43. The summed E-state index contributed by atoms with van der Waals surface area (Å²) in [6.07, 6.45) is 0. The molecule has 0 saturated carbocycles. The van der Waals surface area contributed by atoms with Crippen molar-refractivity contribution in [2.75, 3.05) is 0 Å². The molecule has 2 heterocycles. The quantitative estimate of drug-likeness (QED) is 0.325. The second-order valence-electron chi connectivity index (χ2n) is 6.39. The van der Waals surface area contributed by atoms with Crippen molar-refractivity contribution >= 4 is 21.8 Å². The minimum atomic E-state index is 0.114. The number of nitrogens with one attached hydrogen (secondary N) is 2. The summed E-state index contributed by atoms with van der Waals surface area (Å²) in [7, 11) is 0. The summed E-state index contributed by atoms with van der Waals surface area (Å²) in [5.41, 5.74) is 4.63. The van der Waals surface area contributed by atoms with Gasteiger partial charge in [-0.05, 0) is 36.4 Å². The van der Waals surface area contributed by atoms with E-state index in [4.69, 9.17) is 0 Å². The summed E-state index contributed by atoms with van der Waals surface area (Å²) >= 11 is 0. The van der Waals surface area contributed by atoms with Crippen LogP contribution in [0.2, 0.25) is 0 Å². The zero-order valence-corrected chi connectivity index (χ0v) is 13.8. The van der Waals surface area contributed by atoms with Crippen LogP contribution in [0, 0.1) is 0 Å². The Morgan fingerprint density at radius 1 is 0.538 bits per heavy atom. The highest BCUT2D eigenvalue weighted by molar-refractivity contribution is 5.97. The lowest BCUT2D eigenvalue weighted by molar-refractivity contribution is 0.463. The highest BCUT2D eigenvalue weighted by Gasteiger charge is 2.19. The molecule has 0 unspecified atom stereocenters. The maximum atomic E-state index is 10.6. The first-order valence-electron chi connectivity index (χ1n) is 8.42. The Balaban J connectivity index is 1.81. The number of hydrogen-bond donors (Lipinski definition) is 4. The van der Waals surface area contributed by atoms with Gasteiger partial charge in [-0.1, -0.05) is 36.4 Å². The van der Waals surface area contributed by atoms with Crippen LogP contribution < -0.4 is 0 Å². The number of aromatic nitrogens is 2. The van der Waals surface area contributed by atoms with Crippen LogP contribution in [-0.4, -0.2) is 20.2 Å². The molecule has 4 N–H and O–H groups in total. The van der Waals surface area contributed by atoms with Crippen LogP contribution in [0.15, 0.2) is 72.8 Å². The van der Waals surface area contributed by atoms with Crippen molar-refractivity contribution in [2.24, 2.45) is 0 Å².